The molecule has 0 saturated heterocycles. The predicted molar refractivity (Wildman–Crippen MR) is 100 cm³/mol. The third kappa shape index (κ3) is 3.13. The van der Waals surface area contributed by atoms with E-state index in [0.29, 0.717) is 0 Å². The summed E-state index contributed by atoms with van der Waals surface area (Å²) in [7, 11) is 0. The van der Waals surface area contributed by atoms with Gasteiger partial charge in [-0.1, -0.05) is 48.5 Å². The predicted octanol–water partition coefficient (Wildman–Crippen LogP) is 5.14. The molecule has 4 rings (SSSR count). The van der Waals surface area contributed by atoms with Crippen molar-refractivity contribution < 1.29 is 23.1 Å². The molecule has 0 saturated carbocycles. The van der Waals surface area contributed by atoms with Gasteiger partial charge in [-0.15, -0.1) is 0 Å². The molecule has 0 aliphatic heterocycles. The van der Waals surface area contributed by atoms with E-state index < -0.39 is 23.3 Å². The maximum atomic E-state index is 13.9. The molecule has 0 spiro atoms. The Labute approximate surface area is 159 Å². The molecule has 0 atom stereocenters. The van der Waals surface area contributed by atoms with Crippen LogP contribution < -0.4 is 5.32 Å². The number of carbonyl (C=O) groups excluding carboxylic acids is 2. The highest BCUT2D eigenvalue weighted by Crippen LogP contribution is 2.44. The molecular formula is C22H15F2NO3. The fourth-order valence-electron chi connectivity index (χ4n) is 3.49. The van der Waals surface area contributed by atoms with Crippen molar-refractivity contribution in [3.8, 4) is 11.1 Å². The quantitative estimate of drug-likeness (QED) is 0.639. The highest BCUT2D eigenvalue weighted by atomic mass is 19.1. The molecular weight excluding hydrogens is 364 g/mol. The minimum atomic E-state index is -0.926. The fraction of sp³-hybridized carbons (Fsp3) is 0.0909. The third-order valence-corrected chi connectivity index (χ3v) is 4.79. The highest BCUT2D eigenvalue weighted by Gasteiger charge is 2.29. The lowest BCUT2D eigenvalue weighted by Crippen LogP contribution is -2.18. The molecule has 3 aromatic carbocycles. The standard InChI is InChI=1S/C22H15F2NO3/c23-19-10-21(20(24)9-13(19)11-26)25-22(27)28-12-18-16-7-3-1-5-14(16)15-6-2-4-8-17(15)18/h1-11,18H,12H2,(H,25,27). The largest absolute Gasteiger partial charge is 0.448 e. The molecule has 6 heteroatoms. The number of anilines is 1. The second kappa shape index (κ2) is 7.23. The van der Waals surface area contributed by atoms with Gasteiger partial charge < -0.3 is 4.74 Å². The summed E-state index contributed by atoms with van der Waals surface area (Å²) in [5.41, 5.74) is 3.46. The second-order valence-corrected chi connectivity index (χ2v) is 6.42. The maximum Gasteiger partial charge on any atom is 0.411 e. The highest BCUT2D eigenvalue weighted by molar-refractivity contribution is 5.86. The average Bonchev–Trinajstić information content (AvgIpc) is 3.03. The van der Waals surface area contributed by atoms with Gasteiger partial charge in [0.05, 0.1) is 11.3 Å². The summed E-state index contributed by atoms with van der Waals surface area (Å²) >= 11 is 0. The number of fused-ring (bicyclic) bond motifs is 3. The van der Waals surface area contributed by atoms with Gasteiger partial charge in [0.2, 0.25) is 0 Å². The summed E-state index contributed by atoms with van der Waals surface area (Å²) in [4.78, 5) is 22.8. The van der Waals surface area contributed by atoms with Crippen LogP contribution in [-0.2, 0) is 4.74 Å². The SMILES string of the molecule is O=Cc1cc(F)c(NC(=O)OCC2c3ccccc3-c3ccccc32)cc1F. The number of ether oxygens (including phenoxy) is 1. The molecule has 4 nitrogen and oxygen atoms in total. The van der Waals surface area contributed by atoms with Crippen molar-refractivity contribution in [2.45, 2.75) is 5.92 Å². The molecule has 1 N–H and O–H groups in total. The van der Waals surface area contributed by atoms with Crippen LogP contribution in [-0.4, -0.2) is 19.0 Å². The number of nitrogens with one attached hydrogen (secondary N) is 1. The Morgan fingerprint density at radius 3 is 2.18 bits per heavy atom. The number of amides is 1. The maximum absolute atomic E-state index is 13.9. The summed E-state index contributed by atoms with van der Waals surface area (Å²) in [5, 5.41) is 2.18. The van der Waals surface area contributed by atoms with Crippen molar-refractivity contribution in [2.24, 2.45) is 0 Å². The number of rotatable bonds is 4. The average molecular weight is 379 g/mol. The van der Waals surface area contributed by atoms with Crippen molar-refractivity contribution in [1.29, 1.82) is 0 Å². The van der Waals surface area contributed by atoms with E-state index in [-0.39, 0.29) is 24.5 Å². The van der Waals surface area contributed by atoms with Gasteiger partial charge in [-0.2, -0.15) is 0 Å². The lowest BCUT2D eigenvalue weighted by molar-refractivity contribution is 0.111. The van der Waals surface area contributed by atoms with Crippen molar-refractivity contribution >= 4 is 18.1 Å². The van der Waals surface area contributed by atoms with Crippen LogP contribution in [0.5, 0.6) is 0 Å². The molecule has 1 aliphatic rings. The number of hydrogen-bond acceptors (Lipinski definition) is 3. The fourth-order valence-corrected chi connectivity index (χ4v) is 3.49. The zero-order chi connectivity index (χ0) is 19.7. The first-order valence-electron chi connectivity index (χ1n) is 8.64. The Morgan fingerprint density at radius 2 is 1.57 bits per heavy atom. The number of hydrogen-bond donors (Lipinski definition) is 1. The van der Waals surface area contributed by atoms with Gasteiger partial charge in [0.25, 0.3) is 0 Å². The van der Waals surface area contributed by atoms with Gasteiger partial charge in [0.15, 0.2) is 6.29 Å². The van der Waals surface area contributed by atoms with Gasteiger partial charge in [0, 0.05) is 12.0 Å². The van der Waals surface area contributed by atoms with E-state index in [4.69, 9.17) is 4.74 Å². The van der Waals surface area contributed by atoms with Crippen LogP contribution >= 0.6 is 0 Å². The van der Waals surface area contributed by atoms with E-state index in [9.17, 15) is 18.4 Å². The number of carbonyl (C=O) groups is 2. The van der Waals surface area contributed by atoms with Gasteiger partial charge in [0.1, 0.15) is 18.2 Å². The molecule has 0 bridgehead atoms. The molecule has 0 fully saturated rings. The van der Waals surface area contributed by atoms with Crippen molar-refractivity contribution in [1.82, 2.24) is 0 Å². The third-order valence-electron chi connectivity index (χ3n) is 4.79. The lowest BCUT2D eigenvalue weighted by Gasteiger charge is -2.15. The molecule has 28 heavy (non-hydrogen) atoms. The van der Waals surface area contributed by atoms with Crippen LogP contribution in [0.2, 0.25) is 0 Å². The van der Waals surface area contributed by atoms with Gasteiger partial charge >= 0.3 is 6.09 Å². The first-order chi connectivity index (χ1) is 13.6. The molecule has 0 unspecified atom stereocenters. The summed E-state index contributed by atoms with van der Waals surface area (Å²) in [6, 6.07) is 17.2. The Kier molecular flexibility index (Phi) is 4.61. The minimum absolute atomic E-state index is 0.0520. The van der Waals surface area contributed by atoms with E-state index in [1.54, 1.807) is 0 Å². The van der Waals surface area contributed by atoms with Crippen LogP contribution in [0.3, 0.4) is 0 Å². The minimum Gasteiger partial charge on any atom is -0.448 e. The van der Waals surface area contributed by atoms with Crippen molar-refractivity contribution in [3.63, 3.8) is 0 Å². The van der Waals surface area contributed by atoms with Crippen LogP contribution in [0.4, 0.5) is 19.3 Å². The summed E-state index contributed by atoms with van der Waals surface area (Å²) in [6.07, 6.45) is -0.700. The van der Waals surface area contributed by atoms with Crippen molar-refractivity contribution in [2.75, 3.05) is 11.9 Å². The van der Waals surface area contributed by atoms with E-state index in [2.05, 4.69) is 5.32 Å². The summed E-state index contributed by atoms with van der Waals surface area (Å²) in [6.45, 7) is 0.0520. The number of benzene rings is 3. The number of aldehydes is 1. The van der Waals surface area contributed by atoms with Crippen LogP contribution in [0.25, 0.3) is 11.1 Å². The molecule has 1 amide bonds. The summed E-state index contributed by atoms with van der Waals surface area (Å²) in [5.74, 6) is -1.99. The Balaban J connectivity index is 1.50. The molecule has 140 valence electrons. The molecule has 1 aliphatic carbocycles. The van der Waals surface area contributed by atoms with Crippen molar-refractivity contribution in [3.05, 3.63) is 89.0 Å². The van der Waals surface area contributed by atoms with E-state index in [0.717, 1.165) is 34.4 Å². The van der Waals surface area contributed by atoms with Crippen LogP contribution in [0.15, 0.2) is 60.7 Å². The summed E-state index contributed by atoms with van der Waals surface area (Å²) < 4.78 is 32.9. The Hall–Kier alpha value is -3.54. The Morgan fingerprint density at radius 1 is 0.964 bits per heavy atom. The van der Waals surface area contributed by atoms with E-state index in [1.165, 1.54) is 0 Å². The Bertz CT molecular complexity index is 1040. The second-order valence-electron chi connectivity index (χ2n) is 6.42. The molecule has 0 heterocycles. The normalized spacial score (nSPS) is 12.2. The topological polar surface area (TPSA) is 55.4 Å². The van der Waals surface area contributed by atoms with Gasteiger partial charge in [-0.3, -0.25) is 10.1 Å². The first-order valence-corrected chi connectivity index (χ1v) is 8.64. The van der Waals surface area contributed by atoms with Gasteiger partial charge in [-0.25, -0.2) is 13.6 Å². The van der Waals surface area contributed by atoms with E-state index >= 15 is 0 Å². The lowest BCUT2D eigenvalue weighted by atomic mass is 9.98. The van der Waals surface area contributed by atoms with Gasteiger partial charge in [-0.05, 0) is 28.3 Å². The van der Waals surface area contributed by atoms with Crippen LogP contribution in [0.1, 0.15) is 27.4 Å². The smallest absolute Gasteiger partial charge is 0.411 e. The van der Waals surface area contributed by atoms with E-state index in [1.807, 2.05) is 48.5 Å². The molecule has 0 radical (unpaired) electrons. The van der Waals surface area contributed by atoms with Crippen LogP contribution in [0, 0.1) is 11.6 Å². The first kappa shape index (κ1) is 17.9. The zero-order valence-corrected chi connectivity index (χ0v) is 14.6. The molecule has 3 aromatic rings. The molecule has 0 aromatic heterocycles. The number of halogens is 2. The monoisotopic (exact) mass is 379 g/mol. The zero-order valence-electron chi connectivity index (χ0n) is 14.6.